The molecule has 21 heavy (non-hydrogen) atoms. The molecule has 6 heteroatoms. The second kappa shape index (κ2) is 5.20. The Morgan fingerprint density at radius 2 is 1.71 bits per heavy atom. The molecule has 0 fully saturated rings. The van der Waals surface area contributed by atoms with Gasteiger partial charge in [-0.25, -0.2) is 21.9 Å². The van der Waals surface area contributed by atoms with Crippen LogP contribution in [0.15, 0.2) is 47.4 Å². The van der Waals surface area contributed by atoms with Crippen LogP contribution in [0.4, 0.5) is 8.78 Å². The summed E-state index contributed by atoms with van der Waals surface area (Å²) in [7, 11) is -3.96. The van der Waals surface area contributed by atoms with Gasteiger partial charge in [0, 0.05) is 12.1 Å². The number of halogens is 2. The second-order valence-corrected chi connectivity index (χ2v) is 6.73. The van der Waals surface area contributed by atoms with Crippen molar-refractivity contribution in [3.63, 3.8) is 0 Å². The largest absolute Gasteiger partial charge is 0.241 e. The zero-order valence-corrected chi connectivity index (χ0v) is 11.8. The zero-order chi connectivity index (χ0) is 15.0. The molecular formula is C15H13F2NO2S. The molecule has 1 atom stereocenters. The monoisotopic (exact) mass is 309 g/mol. The van der Waals surface area contributed by atoms with E-state index in [0.717, 1.165) is 29.7 Å². The van der Waals surface area contributed by atoms with E-state index in [2.05, 4.69) is 4.72 Å². The van der Waals surface area contributed by atoms with E-state index in [1.807, 2.05) is 24.3 Å². The van der Waals surface area contributed by atoms with Crippen molar-refractivity contribution in [2.75, 3.05) is 0 Å². The third-order valence-electron chi connectivity index (χ3n) is 3.58. The highest BCUT2D eigenvalue weighted by Gasteiger charge is 2.27. The Labute approximate surface area is 121 Å². The number of nitrogens with one attached hydrogen (secondary N) is 1. The van der Waals surface area contributed by atoms with Gasteiger partial charge in [0.15, 0.2) is 0 Å². The lowest BCUT2D eigenvalue weighted by molar-refractivity contribution is 0.545. The molecule has 0 saturated carbocycles. The summed E-state index contributed by atoms with van der Waals surface area (Å²) in [6.07, 6.45) is 1.41. The molecule has 0 aliphatic heterocycles. The summed E-state index contributed by atoms with van der Waals surface area (Å²) in [5, 5.41) is 0. The molecule has 0 saturated heterocycles. The maximum atomic E-state index is 13.2. The summed E-state index contributed by atoms with van der Waals surface area (Å²) in [5.41, 5.74) is 2.01. The van der Waals surface area contributed by atoms with Crippen molar-refractivity contribution in [3.8, 4) is 0 Å². The van der Waals surface area contributed by atoms with Crippen molar-refractivity contribution in [1.29, 1.82) is 0 Å². The Morgan fingerprint density at radius 3 is 2.43 bits per heavy atom. The van der Waals surface area contributed by atoms with Crippen molar-refractivity contribution >= 4 is 10.0 Å². The van der Waals surface area contributed by atoms with E-state index >= 15 is 0 Å². The first-order valence-electron chi connectivity index (χ1n) is 6.52. The van der Waals surface area contributed by atoms with E-state index in [4.69, 9.17) is 0 Å². The van der Waals surface area contributed by atoms with Crippen LogP contribution in [0.25, 0.3) is 0 Å². The summed E-state index contributed by atoms with van der Waals surface area (Å²) in [6.45, 7) is 0. The van der Waals surface area contributed by atoms with Crippen LogP contribution in [0.1, 0.15) is 23.6 Å². The summed E-state index contributed by atoms with van der Waals surface area (Å²) in [5.74, 6) is -1.83. The number of hydrogen-bond acceptors (Lipinski definition) is 2. The minimum Gasteiger partial charge on any atom is -0.207 e. The molecule has 1 aliphatic carbocycles. The van der Waals surface area contributed by atoms with Crippen LogP contribution in [0, 0.1) is 11.6 Å². The van der Waals surface area contributed by atoms with Crippen LogP contribution >= 0.6 is 0 Å². The Kier molecular flexibility index (Phi) is 3.51. The molecule has 110 valence electrons. The van der Waals surface area contributed by atoms with E-state index < -0.39 is 26.6 Å². The molecule has 0 heterocycles. The standard InChI is InChI=1S/C15H13F2NO2S/c16-11-7-12(17)9-13(8-11)21(19,20)18-15-6-5-10-3-1-2-4-14(10)15/h1-4,7-9,15,18H,5-6H2/t15-/m1/s1. The highest BCUT2D eigenvalue weighted by Crippen LogP contribution is 2.32. The lowest BCUT2D eigenvalue weighted by atomic mass is 10.1. The quantitative estimate of drug-likeness (QED) is 0.947. The van der Waals surface area contributed by atoms with Gasteiger partial charge in [0.1, 0.15) is 11.6 Å². The first kappa shape index (κ1) is 14.2. The molecule has 1 aliphatic rings. The molecule has 1 N–H and O–H groups in total. The third-order valence-corrected chi connectivity index (χ3v) is 5.03. The van der Waals surface area contributed by atoms with Crippen LogP contribution in [-0.4, -0.2) is 8.42 Å². The van der Waals surface area contributed by atoms with Crippen LogP contribution in [0.5, 0.6) is 0 Å². The number of sulfonamides is 1. The van der Waals surface area contributed by atoms with Gasteiger partial charge in [-0.1, -0.05) is 24.3 Å². The minimum atomic E-state index is -3.96. The van der Waals surface area contributed by atoms with E-state index in [-0.39, 0.29) is 6.04 Å². The van der Waals surface area contributed by atoms with Crippen LogP contribution in [0.3, 0.4) is 0 Å². The van der Waals surface area contributed by atoms with Gasteiger partial charge in [-0.3, -0.25) is 0 Å². The first-order chi connectivity index (χ1) is 9.95. The smallest absolute Gasteiger partial charge is 0.207 e. The van der Waals surface area contributed by atoms with Gasteiger partial charge in [0.05, 0.1) is 4.90 Å². The maximum Gasteiger partial charge on any atom is 0.241 e. The molecular weight excluding hydrogens is 296 g/mol. The van der Waals surface area contributed by atoms with Gasteiger partial charge in [-0.05, 0) is 36.1 Å². The van der Waals surface area contributed by atoms with Crippen LogP contribution in [0.2, 0.25) is 0 Å². The van der Waals surface area contributed by atoms with Gasteiger partial charge in [-0.2, -0.15) is 0 Å². The van der Waals surface area contributed by atoms with E-state index in [1.165, 1.54) is 0 Å². The minimum absolute atomic E-state index is 0.363. The molecule has 0 unspecified atom stereocenters. The van der Waals surface area contributed by atoms with E-state index in [9.17, 15) is 17.2 Å². The Hall–Kier alpha value is -1.79. The van der Waals surface area contributed by atoms with Gasteiger partial charge in [0.2, 0.25) is 10.0 Å². The molecule has 0 spiro atoms. The highest BCUT2D eigenvalue weighted by molar-refractivity contribution is 7.89. The van der Waals surface area contributed by atoms with Crippen molar-refractivity contribution in [2.24, 2.45) is 0 Å². The van der Waals surface area contributed by atoms with Crippen molar-refractivity contribution in [2.45, 2.75) is 23.8 Å². The van der Waals surface area contributed by atoms with Crippen molar-refractivity contribution < 1.29 is 17.2 Å². The van der Waals surface area contributed by atoms with Gasteiger partial charge < -0.3 is 0 Å². The first-order valence-corrected chi connectivity index (χ1v) is 8.00. The van der Waals surface area contributed by atoms with E-state index in [0.29, 0.717) is 12.5 Å². The van der Waals surface area contributed by atoms with Gasteiger partial charge in [0.25, 0.3) is 0 Å². The normalized spacial score (nSPS) is 17.7. The lowest BCUT2D eigenvalue weighted by Gasteiger charge is -2.14. The van der Waals surface area contributed by atoms with Crippen LogP contribution < -0.4 is 4.72 Å². The molecule has 2 aromatic rings. The summed E-state index contributed by atoms with van der Waals surface area (Å²) in [6, 6.07) is 9.46. The number of rotatable bonds is 3. The summed E-state index contributed by atoms with van der Waals surface area (Å²) in [4.78, 5) is -0.399. The zero-order valence-electron chi connectivity index (χ0n) is 11.0. The average Bonchev–Trinajstić information content (AvgIpc) is 2.81. The molecule has 0 aromatic heterocycles. The highest BCUT2D eigenvalue weighted by atomic mass is 32.2. The van der Waals surface area contributed by atoms with E-state index in [1.54, 1.807) is 0 Å². The van der Waals surface area contributed by atoms with Crippen molar-refractivity contribution in [3.05, 3.63) is 65.2 Å². The fourth-order valence-corrected chi connectivity index (χ4v) is 3.91. The van der Waals surface area contributed by atoms with Crippen LogP contribution in [-0.2, 0) is 16.4 Å². The molecule has 3 nitrogen and oxygen atoms in total. The number of fused-ring (bicyclic) bond motifs is 1. The Balaban J connectivity index is 1.91. The Bertz CT molecular complexity index is 770. The number of aryl methyl sites for hydroxylation is 1. The van der Waals surface area contributed by atoms with Gasteiger partial charge >= 0.3 is 0 Å². The van der Waals surface area contributed by atoms with Crippen molar-refractivity contribution in [1.82, 2.24) is 4.72 Å². The lowest BCUT2D eigenvalue weighted by Crippen LogP contribution is -2.27. The number of benzene rings is 2. The predicted octanol–water partition coefficient (Wildman–Crippen LogP) is 2.93. The fraction of sp³-hybridized carbons (Fsp3) is 0.200. The topological polar surface area (TPSA) is 46.2 Å². The number of hydrogen-bond donors (Lipinski definition) is 1. The maximum absolute atomic E-state index is 13.2. The summed E-state index contributed by atoms with van der Waals surface area (Å²) >= 11 is 0. The Morgan fingerprint density at radius 1 is 1.05 bits per heavy atom. The molecule has 0 bridgehead atoms. The fourth-order valence-electron chi connectivity index (χ4n) is 2.62. The SMILES string of the molecule is O=S(=O)(N[C@@H]1CCc2ccccc21)c1cc(F)cc(F)c1. The molecule has 0 amide bonds. The van der Waals surface area contributed by atoms with Gasteiger partial charge in [-0.15, -0.1) is 0 Å². The third kappa shape index (κ3) is 2.82. The molecule has 3 rings (SSSR count). The summed E-state index contributed by atoms with van der Waals surface area (Å²) < 4.78 is 53.4. The predicted molar refractivity (Wildman–Crippen MR) is 74.2 cm³/mol. The molecule has 2 aromatic carbocycles. The second-order valence-electron chi connectivity index (χ2n) is 5.02. The molecule has 0 radical (unpaired) electrons. The average molecular weight is 309 g/mol.